The molecule has 0 bridgehead atoms. The molecular weight excluding hydrogens is 540 g/mol. The minimum atomic E-state index is -1.20. The van der Waals surface area contributed by atoms with Crippen LogP contribution in [-0.2, 0) is 36.7 Å². The Kier molecular flexibility index (Phi) is 14.7. The van der Waals surface area contributed by atoms with E-state index in [9.17, 15) is 24.3 Å². The fourth-order valence-electron chi connectivity index (χ4n) is 3.78. The molecule has 218 valence electrons. The molecule has 0 aliphatic heterocycles. The van der Waals surface area contributed by atoms with Crippen LogP contribution in [0.15, 0.2) is 53.4 Å². The molecule has 0 saturated carbocycles. The van der Waals surface area contributed by atoms with Crippen molar-refractivity contribution < 1.29 is 38.7 Å². The largest absolute Gasteiger partial charge is 0.481 e. The first-order valence-corrected chi connectivity index (χ1v) is 13.5. The smallest absolute Gasteiger partial charge is 0.326 e. The van der Waals surface area contributed by atoms with E-state index in [2.05, 4.69) is 25.3 Å². The molecule has 0 heterocycles. The lowest BCUT2D eigenvalue weighted by Gasteiger charge is -2.20. The van der Waals surface area contributed by atoms with Gasteiger partial charge >= 0.3 is 18.0 Å². The van der Waals surface area contributed by atoms with E-state index in [0.717, 1.165) is 17.6 Å². The van der Waals surface area contributed by atoms with Gasteiger partial charge in [-0.1, -0.05) is 42.0 Å². The number of unbranched alkanes of at least 4 members (excludes halogenated alkanes) is 1. The normalized spacial score (nSPS) is 12.3. The minimum absolute atomic E-state index is 0.0678. The van der Waals surface area contributed by atoms with Gasteiger partial charge in [-0.15, -0.1) is 9.32 Å². The molecule has 2 aromatic carbocycles. The summed E-state index contributed by atoms with van der Waals surface area (Å²) < 4.78 is 4.56. The monoisotopic (exact) mass is 576 g/mol. The Morgan fingerprint density at radius 3 is 2.17 bits per heavy atom. The van der Waals surface area contributed by atoms with Crippen molar-refractivity contribution in [1.82, 2.24) is 16.0 Å². The van der Waals surface area contributed by atoms with Gasteiger partial charge in [0.2, 0.25) is 0 Å². The van der Waals surface area contributed by atoms with Crippen LogP contribution in [0.4, 0.5) is 4.79 Å². The molecule has 13 heteroatoms. The maximum absolute atomic E-state index is 12.9. The summed E-state index contributed by atoms with van der Waals surface area (Å²) in [6.45, 7) is 3.41. The fraction of sp³-hybridized carbons (Fsp3) is 0.407. The average Bonchev–Trinajstić information content (AvgIpc) is 2.92. The molecule has 0 saturated heterocycles. The summed E-state index contributed by atoms with van der Waals surface area (Å²) in [6, 6.07) is 11.7. The van der Waals surface area contributed by atoms with E-state index in [1.54, 1.807) is 24.3 Å². The van der Waals surface area contributed by atoms with Gasteiger partial charge in [0.05, 0.1) is 18.1 Å². The van der Waals surface area contributed by atoms with Crippen LogP contribution in [-0.4, -0.2) is 52.6 Å². The van der Waals surface area contributed by atoms with Gasteiger partial charge in [0, 0.05) is 24.3 Å². The summed E-state index contributed by atoms with van der Waals surface area (Å²) in [4.78, 5) is 53.0. The standard InChI is InChI=1S/C27H36N4O8S/c1-18-5-7-20(8-6-18)17-29-15-3-2-4-23(26(35)36)31-27(37)30-22(13-14-25(33)34)24(32)16-19-9-11-21(12-10-19)40-39-38-28/h5-12,22-23,29H,2-4,13-17,28H2,1H3,(H,33,34)(H,35,36)(H2,30,31,37)/t22-,23-/m0/s1. The second kappa shape index (κ2) is 18.0. The van der Waals surface area contributed by atoms with Gasteiger partial charge in [0.25, 0.3) is 0 Å². The molecule has 2 atom stereocenters. The van der Waals surface area contributed by atoms with Crippen LogP contribution in [0.1, 0.15) is 48.8 Å². The van der Waals surface area contributed by atoms with Crippen molar-refractivity contribution >= 4 is 35.8 Å². The topological polar surface area (TPSA) is 189 Å². The van der Waals surface area contributed by atoms with Crippen LogP contribution in [0, 0.1) is 6.92 Å². The molecule has 0 fully saturated rings. The molecule has 0 aliphatic rings. The Labute approximate surface area is 237 Å². The van der Waals surface area contributed by atoms with E-state index in [-0.39, 0.29) is 25.7 Å². The number of amides is 2. The zero-order valence-electron chi connectivity index (χ0n) is 22.3. The second-order valence-electron chi connectivity index (χ2n) is 9.19. The maximum Gasteiger partial charge on any atom is 0.326 e. The third kappa shape index (κ3) is 13.0. The van der Waals surface area contributed by atoms with Crippen molar-refractivity contribution in [3.05, 3.63) is 65.2 Å². The number of nitrogens with one attached hydrogen (secondary N) is 3. The fourth-order valence-corrected chi connectivity index (χ4v) is 4.15. The second-order valence-corrected chi connectivity index (χ2v) is 9.96. The Morgan fingerprint density at radius 1 is 0.900 bits per heavy atom. The molecule has 2 rings (SSSR count). The number of ketones is 1. The summed E-state index contributed by atoms with van der Waals surface area (Å²) in [6.07, 6.45) is 0.910. The molecule has 2 aromatic rings. The van der Waals surface area contributed by atoms with Gasteiger partial charge in [-0.3, -0.25) is 9.59 Å². The predicted octanol–water partition coefficient (Wildman–Crippen LogP) is 2.88. The van der Waals surface area contributed by atoms with Crippen molar-refractivity contribution in [1.29, 1.82) is 0 Å². The van der Waals surface area contributed by atoms with Crippen molar-refractivity contribution in [3.63, 3.8) is 0 Å². The number of hydrogen-bond acceptors (Lipinski definition) is 9. The maximum atomic E-state index is 12.9. The Balaban J connectivity index is 1.84. The van der Waals surface area contributed by atoms with E-state index < -0.39 is 35.8 Å². The molecule has 12 nitrogen and oxygen atoms in total. The lowest BCUT2D eigenvalue weighted by Crippen LogP contribution is -2.51. The summed E-state index contributed by atoms with van der Waals surface area (Å²) in [7, 11) is 0. The highest BCUT2D eigenvalue weighted by Gasteiger charge is 2.25. The molecule has 0 aliphatic carbocycles. The highest BCUT2D eigenvalue weighted by molar-refractivity contribution is 7.94. The van der Waals surface area contributed by atoms with Crippen molar-refractivity contribution in [2.45, 2.75) is 69.0 Å². The molecular formula is C27H36N4O8S. The summed E-state index contributed by atoms with van der Waals surface area (Å²) in [5, 5.41) is 26.8. The predicted molar refractivity (Wildman–Crippen MR) is 148 cm³/mol. The number of urea groups is 1. The van der Waals surface area contributed by atoms with Gasteiger partial charge in [0.15, 0.2) is 5.78 Å². The summed E-state index contributed by atoms with van der Waals surface area (Å²) in [5.74, 6) is 2.07. The third-order valence-corrected chi connectivity index (χ3v) is 6.57. The zero-order chi connectivity index (χ0) is 29.3. The average molecular weight is 577 g/mol. The van der Waals surface area contributed by atoms with Crippen LogP contribution in [0.3, 0.4) is 0 Å². The number of benzene rings is 2. The number of carboxylic acid groups (broad SMARTS) is 2. The van der Waals surface area contributed by atoms with Crippen LogP contribution in [0.5, 0.6) is 0 Å². The summed E-state index contributed by atoms with van der Waals surface area (Å²) in [5.41, 5.74) is 2.97. The molecule has 40 heavy (non-hydrogen) atoms. The van der Waals surface area contributed by atoms with Crippen LogP contribution < -0.4 is 21.8 Å². The first-order valence-electron chi connectivity index (χ1n) is 12.8. The highest BCUT2D eigenvalue weighted by atomic mass is 32.2. The van der Waals surface area contributed by atoms with Crippen LogP contribution >= 0.6 is 12.0 Å². The lowest BCUT2D eigenvalue weighted by atomic mass is 10.00. The zero-order valence-corrected chi connectivity index (χ0v) is 23.1. The van der Waals surface area contributed by atoms with E-state index in [0.29, 0.717) is 36.4 Å². The van der Waals surface area contributed by atoms with Gasteiger partial charge in [-0.25, -0.2) is 9.59 Å². The van der Waals surface area contributed by atoms with Crippen molar-refractivity contribution in [3.8, 4) is 0 Å². The first kappa shape index (κ1) is 32.7. The molecule has 0 unspecified atom stereocenters. The molecule has 2 amide bonds. The van der Waals surface area contributed by atoms with Gasteiger partial charge in [-0.05, 0) is 62.4 Å². The Bertz CT molecular complexity index is 1100. The van der Waals surface area contributed by atoms with Gasteiger partial charge in [-0.2, -0.15) is 5.90 Å². The van der Waals surface area contributed by atoms with E-state index >= 15 is 0 Å². The number of carbonyl (C=O) groups is 4. The number of rotatable bonds is 19. The third-order valence-electron chi connectivity index (χ3n) is 5.96. The van der Waals surface area contributed by atoms with Gasteiger partial charge in [0.1, 0.15) is 6.04 Å². The number of aryl methyl sites for hydroxylation is 1. The lowest BCUT2D eigenvalue weighted by molar-refractivity contribution is -0.195. The van der Waals surface area contributed by atoms with Gasteiger partial charge < -0.3 is 26.2 Å². The first-order chi connectivity index (χ1) is 19.2. The van der Waals surface area contributed by atoms with Crippen molar-refractivity contribution in [2.75, 3.05) is 6.54 Å². The molecule has 7 N–H and O–H groups in total. The van der Waals surface area contributed by atoms with Crippen LogP contribution in [0.25, 0.3) is 0 Å². The number of aliphatic carboxylic acids is 2. The number of nitrogens with two attached hydrogens (primary N) is 1. The molecule has 0 radical (unpaired) electrons. The minimum Gasteiger partial charge on any atom is -0.481 e. The summed E-state index contributed by atoms with van der Waals surface area (Å²) >= 11 is 0.876. The Hall–Kier alpha value is -3.49. The van der Waals surface area contributed by atoms with Crippen molar-refractivity contribution in [2.24, 2.45) is 5.90 Å². The van der Waals surface area contributed by atoms with E-state index in [1.807, 2.05) is 31.2 Å². The number of Topliss-reactive ketones (excluding diaryl/α,β-unsaturated/α-hetero) is 1. The van der Waals surface area contributed by atoms with Crippen LogP contribution in [0.2, 0.25) is 0 Å². The number of carbonyl (C=O) groups excluding carboxylic acids is 2. The number of carboxylic acids is 2. The van der Waals surface area contributed by atoms with E-state index in [4.69, 9.17) is 11.0 Å². The van der Waals surface area contributed by atoms with E-state index in [1.165, 1.54) is 5.56 Å². The Morgan fingerprint density at radius 2 is 1.55 bits per heavy atom. The quantitative estimate of drug-likeness (QED) is 0.0624. The molecule has 0 aromatic heterocycles. The number of hydrogen-bond donors (Lipinski definition) is 6. The highest BCUT2D eigenvalue weighted by Crippen LogP contribution is 2.19. The SMILES string of the molecule is Cc1ccc(CNCCCC[C@H](NC(=O)N[C@@H](CCC(=O)O)C(=O)Cc2ccc(SOON)cc2)C(=O)O)cc1. The molecule has 0 spiro atoms.